The number of benzene rings is 1. The van der Waals surface area contributed by atoms with Crippen LogP contribution in [0, 0.1) is 5.92 Å². The van der Waals surface area contributed by atoms with Crippen molar-refractivity contribution < 1.29 is 28.7 Å². The van der Waals surface area contributed by atoms with Crippen molar-refractivity contribution in [2.45, 2.75) is 94.0 Å². The minimum Gasteiger partial charge on any atom is -0.464 e. The highest BCUT2D eigenvalue weighted by atomic mass is 35.5. The van der Waals surface area contributed by atoms with Crippen molar-refractivity contribution >= 4 is 46.9 Å². The second kappa shape index (κ2) is 12.8. The smallest absolute Gasteiger partial charge is 0.328 e. The van der Waals surface area contributed by atoms with Crippen LogP contribution in [-0.4, -0.2) is 117 Å². The van der Waals surface area contributed by atoms with Gasteiger partial charge in [0.1, 0.15) is 29.4 Å². The van der Waals surface area contributed by atoms with E-state index >= 15 is 0 Å². The number of aliphatic imine (C=N–C) groups is 1. The molecule has 0 N–H and O–H groups in total. The molecule has 4 saturated heterocycles. The lowest BCUT2D eigenvalue weighted by molar-refractivity contribution is -0.158. The third-order valence-corrected chi connectivity index (χ3v) is 11.6. The zero-order valence-corrected chi connectivity index (χ0v) is 28.2. The van der Waals surface area contributed by atoms with Crippen LogP contribution < -0.4 is 0 Å². The first kappa shape index (κ1) is 32.6. The Morgan fingerprint density at radius 1 is 0.958 bits per heavy atom. The van der Waals surface area contributed by atoms with Crippen molar-refractivity contribution in [2.24, 2.45) is 10.9 Å². The van der Waals surface area contributed by atoms with E-state index < -0.39 is 29.6 Å². The van der Waals surface area contributed by atoms with Gasteiger partial charge in [-0.15, -0.1) is 0 Å². The molecule has 7 rings (SSSR count). The molecule has 12 heteroatoms. The number of esters is 1. The first-order chi connectivity index (χ1) is 23.2. The van der Waals surface area contributed by atoms with Gasteiger partial charge in [-0.2, -0.15) is 0 Å². The number of likely N-dealkylation sites (tertiary alicyclic amines) is 2. The third kappa shape index (κ3) is 5.16. The maximum atomic E-state index is 14.6. The van der Waals surface area contributed by atoms with Crippen molar-refractivity contribution in [3.63, 3.8) is 0 Å². The molecule has 0 aliphatic carbocycles. The SMILES string of the molecule is CCOC(=O)C1CCC2C=CC3CCN(C(=O)C4CCC5C=CC6(CCCN6C(=O)C(Cc6ccccc6Cl)=NC)C(=O)N54)C3C(=O)N21. The van der Waals surface area contributed by atoms with Crippen LogP contribution >= 0.6 is 11.6 Å². The molecule has 1 aromatic rings. The summed E-state index contributed by atoms with van der Waals surface area (Å²) < 4.78 is 5.30. The van der Waals surface area contributed by atoms with Crippen molar-refractivity contribution in [1.82, 2.24) is 19.6 Å². The maximum Gasteiger partial charge on any atom is 0.328 e. The largest absolute Gasteiger partial charge is 0.464 e. The topological polar surface area (TPSA) is 120 Å². The highest BCUT2D eigenvalue weighted by Gasteiger charge is 2.58. The number of carbonyl (C=O) groups excluding carboxylic acids is 5. The molecule has 0 aromatic heterocycles. The van der Waals surface area contributed by atoms with E-state index in [1.165, 1.54) is 0 Å². The van der Waals surface area contributed by atoms with Crippen LogP contribution in [-0.2, 0) is 35.1 Å². The fourth-order valence-electron chi connectivity index (χ4n) is 8.88. The monoisotopic (exact) mass is 675 g/mol. The third-order valence-electron chi connectivity index (χ3n) is 11.2. The van der Waals surface area contributed by atoms with E-state index in [1.54, 1.807) is 39.6 Å². The predicted octanol–water partition coefficient (Wildman–Crippen LogP) is 2.95. The zero-order valence-electron chi connectivity index (χ0n) is 27.4. The zero-order chi connectivity index (χ0) is 33.7. The maximum absolute atomic E-state index is 14.6. The summed E-state index contributed by atoms with van der Waals surface area (Å²) in [6.07, 6.45) is 12.1. The molecule has 6 aliphatic heterocycles. The first-order valence-corrected chi connectivity index (χ1v) is 17.6. The molecular formula is C36H42ClN5O6. The van der Waals surface area contributed by atoms with Crippen LogP contribution in [0.4, 0.5) is 0 Å². The van der Waals surface area contributed by atoms with Gasteiger partial charge in [-0.3, -0.25) is 24.2 Å². The standard InChI is InChI=1S/C36H42ClN5O6/c1-3-48-34(46)29-14-12-24-10-9-22-16-20-39(30(22)33(45)41(24)29)32(44)28-13-11-25-15-18-36(35(47)42(25)28)17-6-19-40(36)31(43)27(38-2)21-23-7-4-5-8-26(23)37/h4-5,7-10,15,18,22,24-25,28-30H,3,6,11-14,16-17,19-21H2,1-2H3. The van der Waals surface area contributed by atoms with Crippen molar-refractivity contribution in [1.29, 1.82) is 0 Å². The van der Waals surface area contributed by atoms with Gasteiger partial charge >= 0.3 is 5.97 Å². The van der Waals surface area contributed by atoms with E-state index in [0.717, 1.165) is 5.56 Å². The molecule has 11 nitrogen and oxygen atoms in total. The number of hydrogen-bond donors (Lipinski definition) is 0. The summed E-state index contributed by atoms with van der Waals surface area (Å²) in [6.45, 7) is 2.76. The summed E-state index contributed by atoms with van der Waals surface area (Å²) >= 11 is 6.40. The van der Waals surface area contributed by atoms with E-state index in [2.05, 4.69) is 4.99 Å². The number of amides is 4. The minimum absolute atomic E-state index is 0.164. The van der Waals surface area contributed by atoms with Gasteiger partial charge in [-0.25, -0.2) is 4.79 Å². The molecule has 254 valence electrons. The van der Waals surface area contributed by atoms with Gasteiger partial charge in [0.2, 0.25) is 11.8 Å². The Morgan fingerprint density at radius 2 is 1.71 bits per heavy atom. The number of halogens is 1. The van der Waals surface area contributed by atoms with E-state index in [0.29, 0.717) is 68.8 Å². The summed E-state index contributed by atoms with van der Waals surface area (Å²) in [7, 11) is 1.57. The number of fused-ring (bicyclic) bond motifs is 3. The van der Waals surface area contributed by atoms with Crippen LogP contribution in [0.3, 0.4) is 0 Å². The summed E-state index contributed by atoms with van der Waals surface area (Å²) in [5.74, 6) is -1.63. The molecule has 0 radical (unpaired) electrons. The van der Waals surface area contributed by atoms with Crippen LogP contribution in [0.2, 0.25) is 5.02 Å². The van der Waals surface area contributed by atoms with Crippen LogP contribution in [0.1, 0.15) is 57.4 Å². The molecule has 1 aromatic carbocycles. The lowest BCUT2D eigenvalue weighted by Crippen LogP contribution is -2.64. The highest BCUT2D eigenvalue weighted by Crippen LogP contribution is 2.43. The molecule has 6 aliphatic rings. The molecule has 0 saturated carbocycles. The molecular weight excluding hydrogens is 634 g/mol. The van der Waals surface area contributed by atoms with Crippen molar-refractivity contribution in [2.75, 3.05) is 26.7 Å². The van der Waals surface area contributed by atoms with Gasteiger partial charge in [0, 0.05) is 37.5 Å². The molecule has 0 bridgehead atoms. The first-order valence-electron chi connectivity index (χ1n) is 17.2. The van der Waals surface area contributed by atoms with E-state index in [-0.39, 0.29) is 54.7 Å². The summed E-state index contributed by atoms with van der Waals surface area (Å²) in [5, 5.41) is 0.543. The molecule has 1 spiro atoms. The fraction of sp³-hybridized carbons (Fsp3) is 0.556. The average molecular weight is 676 g/mol. The lowest BCUT2D eigenvalue weighted by Gasteiger charge is -2.44. The average Bonchev–Trinajstić information content (AvgIpc) is 3.88. The Morgan fingerprint density at radius 3 is 2.46 bits per heavy atom. The van der Waals surface area contributed by atoms with E-state index in [9.17, 15) is 24.0 Å². The van der Waals surface area contributed by atoms with E-state index in [1.807, 2.05) is 42.5 Å². The summed E-state index contributed by atoms with van der Waals surface area (Å²) in [6, 6.07) is 4.68. The quantitative estimate of drug-likeness (QED) is 0.260. The number of carbonyl (C=O) groups is 5. The second-order valence-corrected chi connectivity index (χ2v) is 14.0. The summed E-state index contributed by atoms with van der Waals surface area (Å²) in [4.78, 5) is 81.1. The number of hydrogen-bond acceptors (Lipinski definition) is 7. The molecule has 6 heterocycles. The predicted molar refractivity (Wildman–Crippen MR) is 178 cm³/mol. The van der Waals surface area contributed by atoms with E-state index in [4.69, 9.17) is 16.3 Å². The second-order valence-electron chi connectivity index (χ2n) is 13.6. The molecule has 7 unspecified atom stereocenters. The highest BCUT2D eigenvalue weighted by molar-refractivity contribution is 6.40. The van der Waals surface area contributed by atoms with Gasteiger partial charge in [0.05, 0.1) is 18.7 Å². The number of ether oxygens (including phenoxy) is 1. The van der Waals surface area contributed by atoms with Gasteiger partial charge in [0.15, 0.2) is 0 Å². The van der Waals surface area contributed by atoms with Crippen molar-refractivity contribution in [3.8, 4) is 0 Å². The van der Waals surface area contributed by atoms with Gasteiger partial charge in [-0.1, -0.05) is 54.1 Å². The Kier molecular flexibility index (Phi) is 8.68. The van der Waals surface area contributed by atoms with Gasteiger partial charge in [-0.05, 0) is 63.5 Å². The number of rotatable bonds is 6. The Bertz CT molecular complexity index is 1620. The number of nitrogens with zero attached hydrogens (tertiary/aromatic N) is 5. The van der Waals surface area contributed by atoms with Crippen LogP contribution in [0.25, 0.3) is 0 Å². The van der Waals surface area contributed by atoms with Crippen LogP contribution in [0.15, 0.2) is 53.6 Å². The molecule has 4 amide bonds. The molecule has 7 atom stereocenters. The summed E-state index contributed by atoms with van der Waals surface area (Å²) in [5.41, 5.74) is -0.124. The van der Waals surface area contributed by atoms with Gasteiger partial charge < -0.3 is 24.3 Å². The Labute approximate surface area is 285 Å². The Hall–Kier alpha value is -3.99. The molecule has 4 fully saturated rings. The minimum atomic E-state index is -1.21. The van der Waals surface area contributed by atoms with Crippen LogP contribution in [0.5, 0.6) is 0 Å². The molecule has 48 heavy (non-hydrogen) atoms. The Balaban J connectivity index is 1.13. The van der Waals surface area contributed by atoms with Gasteiger partial charge in [0.25, 0.3) is 11.8 Å². The normalized spacial score (nSPS) is 32.5. The van der Waals surface area contributed by atoms with Crippen molar-refractivity contribution in [3.05, 3.63) is 59.2 Å². The lowest BCUT2D eigenvalue weighted by atomic mass is 9.88. The fourth-order valence-corrected chi connectivity index (χ4v) is 9.09.